The molecule has 1 aromatic heterocycles. The lowest BCUT2D eigenvalue weighted by atomic mass is 9.96. The molecule has 1 aliphatic heterocycles. The Morgan fingerprint density at radius 1 is 1.11 bits per heavy atom. The molecule has 4 rings (SSSR count). The van der Waals surface area contributed by atoms with E-state index in [1.54, 1.807) is 38.1 Å². The molecule has 192 valence electrons. The molecule has 1 unspecified atom stereocenters. The molecule has 0 saturated heterocycles. The minimum atomic E-state index is -0.675. The van der Waals surface area contributed by atoms with E-state index in [-0.39, 0.29) is 18.8 Å². The Kier molecular flexibility index (Phi) is 7.88. The lowest BCUT2D eigenvalue weighted by Gasteiger charge is -2.24. The van der Waals surface area contributed by atoms with Crippen LogP contribution < -0.4 is 24.4 Å². The number of aromatic nitrogens is 1. The third-order valence-electron chi connectivity index (χ3n) is 5.68. The van der Waals surface area contributed by atoms with Crippen LogP contribution >= 0.6 is 11.3 Å². The van der Waals surface area contributed by atoms with Crippen LogP contribution in [0, 0.1) is 0 Å². The van der Waals surface area contributed by atoms with E-state index >= 15 is 0 Å². The molecule has 0 aliphatic carbocycles. The molecule has 9 nitrogen and oxygen atoms in total. The van der Waals surface area contributed by atoms with Gasteiger partial charge in [-0.2, -0.15) is 0 Å². The van der Waals surface area contributed by atoms with Crippen molar-refractivity contribution in [3.8, 4) is 11.5 Å². The first kappa shape index (κ1) is 25.9. The highest BCUT2D eigenvalue weighted by Crippen LogP contribution is 2.31. The number of esters is 2. The summed E-state index contributed by atoms with van der Waals surface area (Å²) in [6, 6.07) is 13.8. The monoisotopic (exact) mass is 522 g/mol. The molecule has 10 heteroatoms. The van der Waals surface area contributed by atoms with Crippen molar-refractivity contribution in [1.29, 1.82) is 0 Å². The number of fused-ring (bicyclic) bond motifs is 1. The molecule has 1 aliphatic rings. The number of hydrogen-bond donors (Lipinski definition) is 0. The van der Waals surface area contributed by atoms with E-state index in [0.29, 0.717) is 37.7 Å². The summed E-state index contributed by atoms with van der Waals surface area (Å²) in [6.07, 6.45) is 1.71. The maximum Gasteiger partial charge on any atom is 0.344 e. The fourth-order valence-electron chi connectivity index (χ4n) is 4.03. The van der Waals surface area contributed by atoms with Gasteiger partial charge < -0.3 is 18.9 Å². The van der Waals surface area contributed by atoms with Crippen LogP contribution in [0.5, 0.6) is 11.5 Å². The highest BCUT2D eigenvalue weighted by atomic mass is 32.1. The molecule has 0 saturated carbocycles. The van der Waals surface area contributed by atoms with E-state index in [4.69, 9.17) is 18.9 Å². The smallest absolute Gasteiger partial charge is 0.344 e. The second-order valence-electron chi connectivity index (χ2n) is 7.99. The quantitative estimate of drug-likeness (QED) is 0.418. The van der Waals surface area contributed by atoms with Gasteiger partial charge in [0.2, 0.25) is 0 Å². The third kappa shape index (κ3) is 5.34. The summed E-state index contributed by atoms with van der Waals surface area (Å²) in [5.74, 6) is -0.266. The summed E-state index contributed by atoms with van der Waals surface area (Å²) in [6.45, 7) is 3.42. The molecule has 37 heavy (non-hydrogen) atoms. The van der Waals surface area contributed by atoms with Gasteiger partial charge in [0.05, 0.1) is 42.7 Å². The Hall–Kier alpha value is -4.18. The van der Waals surface area contributed by atoms with E-state index in [2.05, 4.69) is 4.99 Å². The number of methoxy groups -OCH3 is 2. The lowest BCUT2D eigenvalue weighted by Crippen LogP contribution is -2.39. The van der Waals surface area contributed by atoms with Crippen LogP contribution in [-0.2, 0) is 19.1 Å². The third-order valence-corrected chi connectivity index (χ3v) is 6.66. The van der Waals surface area contributed by atoms with Gasteiger partial charge in [-0.3, -0.25) is 9.36 Å². The van der Waals surface area contributed by atoms with Crippen LogP contribution in [0.25, 0.3) is 6.08 Å². The summed E-state index contributed by atoms with van der Waals surface area (Å²) in [5, 5.41) is 0. The molecular formula is C27H26N2O7S. The molecule has 0 bridgehead atoms. The Morgan fingerprint density at radius 2 is 1.86 bits per heavy atom. The van der Waals surface area contributed by atoms with Gasteiger partial charge in [0.25, 0.3) is 5.56 Å². The van der Waals surface area contributed by atoms with Crippen molar-refractivity contribution < 1.29 is 28.5 Å². The molecule has 2 heterocycles. The van der Waals surface area contributed by atoms with Crippen molar-refractivity contribution in [1.82, 2.24) is 4.57 Å². The zero-order chi connectivity index (χ0) is 26.5. The number of hydrogen-bond acceptors (Lipinski definition) is 9. The fourth-order valence-corrected chi connectivity index (χ4v) is 5.08. The topological polar surface area (TPSA) is 105 Å². The highest BCUT2D eigenvalue weighted by Gasteiger charge is 2.32. The normalized spacial score (nSPS) is 15.0. The number of thiazole rings is 1. The number of rotatable bonds is 8. The maximum absolute atomic E-state index is 13.7. The first-order chi connectivity index (χ1) is 17.9. The van der Waals surface area contributed by atoms with Crippen molar-refractivity contribution in [2.24, 2.45) is 4.99 Å². The number of allylic oxidation sites excluding steroid dienone is 1. The number of carbonyl (C=O) groups excluding carboxylic acids is 2. The average molecular weight is 523 g/mol. The fraction of sp³-hybridized carbons (Fsp3) is 0.259. The van der Waals surface area contributed by atoms with Gasteiger partial charge in [-0.25, -0.2) is 14.6 Å². The molecule has 1 atom stereocenters. The SMILES string of the molecule is CCOC(=O)COc1cc(C=c2sc3n(c2=O)C(c2ccccc2)C(C(=O)OC)=C(C)N=3)ccc1OC. The van der Waals surface area contributed by atoms with Gasteiger partial charge in [-0.1, -0.05) is 47.7 Å². The van der Waals surface area contributed by atoms with E-state index in [9.17, 15) is 14.4 Å². The van der Waals surface area contributed by atoms with Crippen molar-refractivity contribution >= 4 is 29.4 Å². The molecule has 0 amide bonds. The highest BCUT2D eigenvalue weighted by molar-refractivity contribution is 7.07. The van der Waals surface area contributed by atoms with E-state index in [1.807, 2.05) is 30.3 Å². The minimum Gasteiger partial charge on any atom is -0.493 e. The molecule has 2 aromatic carbocycles. The number of carbonyl (C=O) groups is 2. The van der Waals surface area contributed by atoms with Crippen molar-refractivity contribution in [2.75, 3.05) is 27.4 Å². The van der Waals surface area contributed by atoms with E-state index < -0.39 is 18.0 Å². The zero-order valence-corrected chi connectivity index (χ0v) is 21.7. The lowest BCUT2D eigenvalue weighted by molar-refractivity contribution is -0.145. The van der Waals surface area contributed by atoms with Crippen molar-refractivity contribution in [3.63, 3.8) is 0 Å². The first-order valence-corrected chi connectivity index (χ1v) is 12.3. The van der Waals surface area contributed by atoms with E-state index in [0.717, 1.165) is 5.56 Å². The Balaban J connectivity index is 1.81. The Morgan fingerprint density at radius 3 is 2.54 bits per heavy atom. The van der Waals surface area contributed by atoms with Crippen molar-refractivity contribution in [3.05, 3.63) is 90.6 Å². The van der Waals surface area contributed by atoms with Gasteiger partial charge in [-0.15, -0.1) is 0 Å². The van der Waals surface area contributed by atoms with Gasteiger partial charge in [0.15, 0.2) is 22.9 Å². The molecule has 0 radical (unpaired) electrons. The average Bonchev–Trinajstić information content (AvgIpc) is 3.21. The van der Waals surface area contributed by atoms with Crippen LogP contribution in [0.2, 0.25) is 0 Å². The number of benzene rings is 2. The van der Waals surface area contributed by atoms with Crippen LogP contribution in [0.4, 0.5) is 0 Å². The molecule has 0 N–H and O–H groups in total. The molecule has 0 fully saturated rings. The van der Waals surface area contributed by atoms with Crippen LogP contribution in [0.3, 0.4) is 0 Å². The summed E-state index contributed by atoms with van der Waals surface area (Å²) >= 11 is 1.22. The largest absolute Gasteiger partial charge is 0.493 e. The molecule has 3 aromatic rings. The first-order valence-electron chi connectivity index (χ1n) is 11.5. The second-order valence-corrected chi connectivity index (χ2v) is 9.00. The summed E-state index contributed by atoms with van der Waals surface area (Å²) in [7, 11) is 2.80. The predicted octanol–water partition coefficient (Wildman–Crippen LogP) is 2.36. The Labute approximate surface area is 216 Å². The van der Waals surface area contributed by atoms with Crippen LogP contribution in [-0.4, -0.2) is 43.9 Å². The Bertz CT molecular complexity index is 1540. The molecule has 0 spiro atoms. The van der Waals surface area contributed by atoms with Gasteiger partial charge in [0, 0.05) is 0 Å². The maximum atomic E-state index is 13.7. The minimum absolute atomic E-state index is 0.251. The van der Waals surface area contributed by atoms with E-state index in [1.165, 1.54) is 30.1 Å². The predicted molar refractivity (Wildman–Crippen MR) is 137 cm³/mol. The summed E-state index contributed by atoms with van der Waals surface area (Å²) in [4.78, 5) is 43.1. The van der Waals surface area contributed by atoms with Crippen LogP contribution in [0.15, 0.2) is 69.6 Å². The number of ether oxygens (including phenoxy) is 4. The second kappa shape index (κ2) is 11.3. The van der Waals surface area contributed by atoms with Crippen LogP contribution in [0.1, 0.15) is 31.0 Å². The van der Waals surface area contributed by atoms with Crippen molar-refractivity contribution in [2.45, 2.75) is 19.9 Å². The van der Waals surface area contributed by atoms with Gasteiger partial charge >= 0.3 is 11.9 Å². The zero-order valence-electron chi connectivity index (χ0n) is 20.8. The van der Waals surface area contributed by atoms with Gasteiger partial charge in [-0.05, 0) is 43.2 Å². The molecular weight excluding hydrogens is 496 g/mol. The summed E-state index contributed by atoms with van der Waals surface area (Å²) in [5.41, 5.74) is 1.93. The number of nitrogens with zero attached hydrogens (tertiary/aromatic N) is 2. The van der Waals surface area contributed by atoms with Gasteiger partial charge in [0.1, 0.15) is 0 Å². The standard InChI is InChI=1S/C27H26N2O7S/c1-5-35-22(30)15-36-20-13-17(11-12-19(20)33-3)14-21-25(31)29-24(18-9-7-6-8-10-18)23(26(32)34-4)16(2)28-27(29)37-21/h6-14,24H,5,15H2,1-4H3. The summed E-state index contributed by atoms with van der Waals surface area (Å²) < 4.78 is 22.8.